The molecular weight excluding hydrogens is 312 g/mol. The number of halogens is 1. The Kier molecular flexibility index (Phi) is 4.06. The van der Waals surface area contributed by atoms with Gasteiger partial charge in [0.1, 0.15) is 17.2 Å². The summed E-state index contributed by atoms with van der Waals surface area (Å²) in [6, 6.07) is 11.5. The number of carbonyl (C=O) groups is 1. The third-order valence-electron chi connectivity index (χ3n) is 2.36. The molecular formula is C14H11BrO4. The van der Waals surface area contributed by atoms with Crippen molar-refractivity contribution in [2.75, 3.05) is 7.11 Å². The Hall–Kier alpha value is -2.01. The van der Waals surface area contributed by atoms with Gasteiger partial charge < -0.3 is 14.6 Å². The monoisotopic (exact) mass is 322 g/mol. The highest BCUT2D eigenvalue weighted by Crippen LogP contribution is 2.27. The largest absolute Gasteiger partial charge is 0.508 e. The van der Waals surface area contributed by atoms with Crippen LogP contribution >= 0.6 is 15.9 Å². The van der Waals surface area contributed by atoms with Crippen LogP contribution in [0.3, 0.4) is 0 Å². The number of phenolic OH excluding ortho intramolecular Hbond substituents is 1. The van der Waals surface area contributed by atoms with Gasteiger partial charge in [-0.05, 0) is 36.4 Å². The Balaban J connectivity index is 2.27. The molecule has 19 heavy (non-hydrogen) atoms. The minimum atomic E-state index is -0.531. The van der Waals surface area contributed by atoms with Crippen LogP contribution in [0.5, 0.6) is 17.2 Å². The van der Waals surface area contributed by atoms with Gasteiger partial charge in [0.05, 0.1) is 12.7 Å². The molecule has 0 saturated carbocycles. The fourth-order valence-electron chi connectivity index (χ4n) is 1.52. The molecule has 0 heterocycles. The molecule has 0 amide bonds. The second kappa shape index (κ2) is 5.75. The van der Waals surface area contributed by atoms with Gasteiger partial charge in [-0.15, -0.1) is 0 Å². The lowest BCUT2D eigenvalue weighted by Gasteiger charge is -2.08. The second-order valence-corrected chi connectivity index (χ2v) is 4.68. The molecule has 0 aliphatic carbocycles. The molecule has 0 atom stereocenters. The maximum Gasteiger partial charge on any atom is 0.338 e. The molecule has 0 saturated heterocycles. The molecule has 0 aliphatic rings. The van der Waals surface area contributed by atoms with Crippen molar-refractivity contribution >= 4 is 21.9 Å². The average molecular weight is 323 g/mol. The van der Waals surface area contributed by atoms with E-state index in [4.69, 9.17) is 4.74 Å². The van der Waals surface area contributed by atoms with E-state index in [1.807, 2.05) is 12.1 Å². The van der Waals surface area contributed by atoms with Crippen molar-refractivity contribution < 1.29 is 19.4 Å². The fraction of sp³-hybridized carbons (Fsp3) is 0.0714. The number of carbonyl (C=O) groups excluding carboxylic acids is 1. The van der Waals surface area contributed by atoms with Gasteiger partial charge in [0.2, 0.25) is 0 Å². The number of benzene rings is 2. The minimum Gasteiger partial charge on any atom is -0.508 e. The number of methoxy groups -OCH3 is 1. The predicted molar refractivity (Wildman–Crippen MR) is 73.7 cm³/mol. The summed E-state index contributed by atoms with van der Waals surface area (Å²) in [7, 11) is 1.28. The van der Waals surface area contributed by atoms with Crippen LogP contribution in [-0.2, 0) is 4.74 Å². The van der Waals surface area contributed by atoms with E-state index in [9.17, 15) is 9.90 Å². The normalized spacial score (nSPS) is 10.0. The van der Waals surface area contributed by atoms with Gasteiger partial charge in [-0.3, -0.25) is 0 Å². The van der Waals surface area contributed by atoms with Gasteiger partial charge >= 0.3 is 5.97 Å². The molecule has 5 heteroatoms. The zero-order valence-electron chi connectivity index (χ0n) is 10.1. The molecule has 2 aromatic carbocycles. The first-order valence-electron chi connectivity index (χ1n) is 5.44. The maximum absolute atomic E-state index is 11.4. The van der Waals surface area contributed by atoms with Gasteiger partial charge in [-0.2, -0.15) is 0 Å². The van der Waals surface area contributed by atoms with Gasteiger partial charge in [0.25, 0.3) is 0 Å². The Labute approximate surface area is 118 Å². The van der Waals surface area contributed by atoms with Gasteiger partial charge in [0.15, 0.2) is 0 Å². The summed E-state index contributed by atoms with van der Waals surface area (Å²) in [6.45, 7) is 0. The first kappa shape index (κ1) is 13.4. The van der Waals surface area contributed by atoms with Gasteiger partial charge in [-0.1, -0.05) is 15.9 Å². The molecule has 0 radical (unpaired) electrons. The number of esters is 1. The van der Waals surface area contributed by atoms with Crippen LogP contribution in [0.15, 0.2) is 46.9 Å². The van der Waals surface area contributed by atoms with Gasteiger partial charge in [-0.25, -0.2) is 4.79 Å². The molecule has 2 aromatic rings. The summed E-state index contributed by atoms with van der Waals surface area (Å²) in [5.41, 5.74) is 0.231. The van der Waals surface area contributed by atoms with E-state index in [1.54, 1.807) is 12.1 Å². The molecule has 0 fully saturated rings. The highest BCUT2D eigenvalue weighted by atomic mass is 79.9. The number of hydrogen-bond donors (Lipinski definition) is 1. The lowest BCUT2D eigenvalue weighted by Crippen LogP contribution is -2.01. The number of rotatable bonds is 3. The van der Waals surface area contributed by atoms with Crippen LogP contribution in [-0.4, -0.2) is 18.2 Å². The lowest BCUT2D eigenvalue weighted by atomic mass is 10.2. The van der Waals surface area contributed by atoms with Crippen molar-refractivity contribution in [2.24, 2.45) is 0 Å². The van der Waals surface area contributed by atoms with Crippen molar-refractivity contribution in [2.45, 2.75) is 0 Å². The Morgan fingerprint density at radius 3 is 2.42 bits per heavy atom. The van der Waals surface area contributed by atoms with Crippen molar-refractivity contribution in [3.8, 4) is 17.2 Å². The van der Waals surface area contributed by atoms with E-state index in [1.165, 1.54) is 25.3 Å². The smallest absolute Gasteiger partial charge is 0.338 e. The highest BCUT2D eigenvalue weighted by molar-refractivity contribution is 9.10. The first-order chi connectivity index (χ1) is 9.08. The van der Waals surface area contributed by atoms with Crippen molar-refractivity contribution in [1.29, 1.82) is 0 Å². The summed E-state index contributed by atoms with van der Waals surface area (Å²) in [4.78, 5) is 11.4. The van der Waals surface area contributed by atoms with Crippen LogP contribution < -0.4 is 4.74 Å². The molecule has 98 valence electrons. The van der Waals surface area contributed by atoms with E-state index in [2.05, 4.69) is 20.7 Å². The predicted octanol–water partition coefficient (Wildman–Crippen LogP) is 3.73. The Morgan fingerprint density at radius 2 is 1.79 bits per heavy atom. The van der Waals surface area contributed by atoms with E-state index >= 15 is 0 Å². The van der Waals surface area contributed by atoms with Crippen molar-refractivity contribution in [1.82, 2.24) is 0 Å². The Bertz CT molecular complexity index is 593. The molecule has 1 N–H and O–H groups in total. The summed E-state index contributed by atoms with van der Waals surface area (Å²) >= 11 is 3.33. The molecule has 4 nitrogen and oxygen atoms in total. The van der Waals surface area contributed by atoms with Crippen LogP contribution in [0.4, 0.5) is 0 Å². The summed E-state index contributed by atoms with van der Waals surface area (Å²) < 4.78 is 11.1. The zero-order valence-corrected chi connectivity index (χ0v) is 11.7. The van der Waals surface area contributed by atoms with Crippen molar-refractivity contribution in [3.05, 3.63) is 52.5 Å². The van der Waals surface area contributed by atoms with Gasteiger partial charge in [0, 0.05) is 10.5 Å². The Morgan fingerprint density at radius 1 is 1.11 bits per heavy atom. The quantitative estimate of drug-likeness (QED) is 0.875. The maximum atomic E-state index is 11.4. The lowest BCUT2D eigenvalue weighted by molar-refractivity contribution is 0.0600. The number of phenols is 1. The highest BCUT2D eigenvalue weighted by Gasteiger charge is 2.09. The van der Waals surface area contributed by atoms with E-state index < -0.39 is 5.97 Å². The molecule has 0 unspecified atom stereocenters. The minimum absolute atomic E-state index is 0.0602. The SMILES string of the molecule is COC(=O)c1cc(O)cc(Oc2ccc(Br)cc2)c1. The number of ether oxygens (including phenoxy) is 2. The summed E-state index contributed by atoms with van der Waals surface area (Å²) in [5, 5.41) is 9.57. The third kappa shape index (κ3) is 3.48. The van der Waals surface area contributed by atoms with E-state index in [-0.39, 0.29) is 11.3 Å². The average Bonchev–Trinajstić information content (AvgIpc) is 2.40. The third-order valence-corrected chi connectivity index (χ3v) is 2.89. The summed E-state index contributed by atoms with van der Waals surface area (Å²) in [5.74, 6) is 0.374. The topological polar surface area (TPSA) is 55.8 Å². The van der Waals surface area contributed by atoms with E-state index in [0.717, 1.165) is 4.47 Å². The van der Waals surface area contributed by atoms with E-state index in [0.29, 0.717) is 11.5 Å². The van der Waals surface area contributed by atoms with Crippen LogP contribution in [0.25, 0.3) is 0 Å². The molecule has 0 aromatic heterocycles. The number of hydrogen-bond acceptors (Lipinski definition) is 4. The van der Waals surface area contributed by atoms with Crippen LogP contribution in [0.2, 0.25) is 0 Å². The molecule has 0 aliphatic heterocycles. The standard InChI is InChI=1S/C14H11BrO4/c1-18-14(17)9-6-11(16)8-13(7-9)19-12-4-2-10(15)3-5-12/h2-8,16H,1H3. The summed E-state index contributed by atoms with van der Waals surface area (Å²) in [6.07, 6.45) is 0. The first-order valence-corrected chi connectivity index (χ1v) is 6.23. The second-order valence-electron chi connectivity index (χ2n) is 3.76. The molecule has 0 bridgehead atoms. The van der Waals surface area contributed by atoms with Crippen LogP contribution in [0, 0.1) is 0 Å². The zero-order chi connectivity index (χ0) is 13.8. The number of aromatic hydroxyl groups is 1. The van der Waals surface area contributed by atoms with Crippen molar-refractivity contribution in [3.63, 3.8) is 0 Å². The molecule has 2 rings (SSSR count). The fourth-order valence-corrected chi connectivity index (χ4v) is 1.78. The van der Waals surface area contributed by atoms with Crippen LogP contribution in [0.1, 0.15) is 10.4 Å². The molecule has 0 spiro atoms.